The van der Waals surface area contributed by atoms with Gasteiger partial charge in [0.15, 0.2) is 0 Å². The Morgan fingerprint density at radius 3 is 2.53 bits per heavy atom. The number of carbonyl (C=O) groups is 1. The fourth-order valence-electron chi connectivity index (χ4n) is 1.97. The number of aryl methyl sites for hydroxylation is 1. The standard InChI is InChI=1S/C12H11N3O4/c1-7-11(15(18)19)8(2)14(13-7)10-6-4-3-5-9(10)12(16)17/h3-6H,1-2H3,(H,16,17). The molecule has 0 aliphatic rings. The molecule has 98 valence electrons. The third-order valence-corrected chi connectivity index (χ3v) is 2.80. The quantitative estimate of drug-likeness (QED) is 0.673. The Labute approximate surface area is 108 Å². The average Bonchev–Trinajstić information content (AvgIpc) is 2.64. The lowest BCUT2D eigenvalue weighted by Crippen LogP contribution is -2.07. The van der Waals surface area contributed by atoms with E-state index in [9.17, 15) is 14.9 Å². The van der Waals surface area contributed by atoms with Gasteiger partial charge in [0.25, 0.3) is 0 Å². The van der Waals surface area contributed by atoms with Crippen molar-refractivity contribution < 1.29 is 14.8 Å². The molecule has 0 aliphatic heterocycles. The van der Waals surface area contributed by atoms with Crippen molar-refractivity contribution in [2.45, 2.75) is 13.8 Å². The first-order valence-corrected chi connectivity index (χ1v) is 5.46. The Morgan fingerprint density at radius 2 is 2.00 bits per heavy atom. The molecule has 1 N–H and O–H groups in total. The highest BCUT2D eigenvalue weighted by atomic mass is 16.6. The summed E-state index contributed by atoms with van der Waals surface area (Å²) in [7, 11) is 0. The van der Waals surface area contributed by atoms with E-state index in [-0.39, 0.29) is 16.9 Å². The molecule has 1 aromatic heterocycles. The molecule has 2 aromatic rings. The van der Waals surface area contributed by atoms with E-state index in [1.807, 2.05) is 0 Å². The second-order valence-electron chi connectivity index (χ2n) is 4.01. The van der Waals surface area contributed by atoms with E-state index < -0.39 is 10.9 Å². The van der Waals surface area contributed by atoms with Crippen LogP contribution in [0.3, 0.4) is 0 Å². The van der Waals surface area contributed by atoms with Crippen molar-refractivity contribution in [2.24, 2.45) is 0 Å². The van der Waals surface area contributed by atoms with Crippen LogP contribution in [0, 0.1) is 24.0 Å². The van der Waals surface area contributed by atoms with Gasteiger partial charge in [-0.25, -0.2) is 9.48 Å². The van der Waals surface area contributed by atoms with Crippen LogP contribution >= 0.6 is 0 Å². The zero-order valence-corrected chi connectivity index (χ0v) is 10.3. The third-order valence-electron chi connectivity index (χ3n) is 2.80. The summed E-state index contributed by atoms with van der Waals surface area (Å²) < 4.78 is 1.29. The summed E-state index contributed by atoms with van der Waals surface area (Å²) >= 11 is 0. The van der Waals surface area contributed by atoms with E-state index >= 15 is 0 Å². The predicted octanol–water partition coefficient (Wildman–Crippen LogP) is 2.10. The summed E-state index contributed by atoms with van der Waals surface area (Å²) in [5.74, 6) is -1.11. The number of rotatable bonds is 3. The van der Waals surface area contributed by atoms with Gasteiger partial charge in [-0.2, -0.15) is 5.10 Å². The van der Waals surface area contributed by atoms with Crippen LogP contribution in [0.2, 0.25) is 0 Å². The van der Waals surface area contributed by atoms with Crippen molar-refractivity contribution in [3.8, 4) is 5.69 Å². The van der Waals surface area contributed by atoms with Gasteiger partial charge in [-0.3, -0.25) is 10.1 Å². The van der Waals surface area contributed by atoms with Crippen LogP contribution in [-0.4, -0.2) is 25.8 Å². The molecule has 0 unspecified atom stereocenters. The van der Waals surface area contributed by atoms with Gasteiger partial charge in [-0.1, -0.05) is 12.1 Å². The van der Waals surface area contributed by atoms with Crippen molar-refractivity contribution in [2.75, 3.05) is 0 Å². The number of hydrogen-bond donors (Lipinski definition) is 1. The summed E-state index contributed by atoms with van der Waals surface area (Å²) in [4.78, 5) is 21.6. The number of carboxylic acids is 1. The maximum atomic E-state index is 11.2. The first-order valence-electron chi connectivity index (χ1n) is 5.46. The Kier molecular flexibility index (Phi) is 3.04. The van der Waals surface area contributed by atoms with Gasteiger partial charge in [0, 0.05) is 0 Å². The molecule has 1 aromatic carbocycles. The Balaban J connectivity index is 2.70. The van der Waals surface area contributed by atoms with Gasteiger partial charge in [0.05, 0.1) is 16.2 Å². The lowest BCUT2D eigenvalue weighted by molar-refractivity contribution is -0.386. The topological polar surface area (TPSA) is 98.3 Å². The van der Waals surface area contributed by atoms with E-state index in [0.29, 0.717) is 11.4 Å². The summed E-state index contributed by atoms with van der Waals surface area (Å²) in [5, 5.41) is 24.1. The molecule has 0 fully saturated rings. The predicted molar refractivity (Wildman–Crippen MR) is 66.7 cm³/mol. The number of nitrogens with zero attached hydrogens (tertiary/aromatic N) is 3. The maximum absolute atomic E-state index is 11.2. The molecule has 0 spiro atoms. The molecule has 0 bridgehead atoms. The minimum atomic E-state index is -1.11. The Bertz CT molecular complexity index is 676. The van der Waals surface area contributed by atoms with Crippen molar-refractivity contribution in [1.82, 2.24) is 9.78 Å². The summed E-state index contributed by atoms with van der Waals surface area (Å²) in [6.07, 6.45) is 0. The second-order valence-corrected chi connectivity index (χ2v) is 4.01. The van der Waals surface area contributed by atoms with E-state index in [4.69, 9.17) is 5.11 Å². The van der Waals surface area contributed by atoms with Crippen molar-refractivity contribution in [3.05, 3.63) is 51.3 Å². The molecule has 2 rings (SSSR count). The number of nitro groups is 1. The average molecular weight is 261 g/mol. The molecule has 0 amide bonds. The molecule has 7 heteroatoms. The molecule has 0 saturated carbocycles. The molecule has 19 heavy (non-hydrogen) atoms. The number of hydrogen-bond acceptors (Lipinski definition) is 4. The first kappa shape index (κ1) is 12.7. The number of para-hydroxylation sites is 1. The van der Waals surface area contributed by atoms with E-state index in [1.54, 1.807) is 18.2 Å². The zero-order valence-electron chi connectivity index (χ0n) is 10.3. The molecular formula is C12H11N3O4. The number of benzene rings is 1. The van der Waals surface area contributed by atoms with Gasteiger partial charge in [-0.15, -0.1) is 0 Å². The van der Waals surface area contributed by atoms with Crippen molar-refractivity contribution in [1.29, 1.82) is 0 Å². The first-order chi connectivity index (χ1) is 8.93. The maximum Gasteiger partial charge on any atom is 0.337 e. The lowest BCUT2D eigenvalue weighted by Gasteiger charge is -2.06. The molecule has 1 heterocycles. The summed E-state index contributed by atoms with van der Waals surface area (Å²) in [6.45, 7) is 3.06. The van der Waals surface area contributed by atoms with Crippen molar-refractivity contribution >= 4 is 11.7 Å². The van der Waals surface area contributed by atoms with Gasteiger partial charge in [0.1, 0.15) is 11.4 Å². The molecular weight excluding hydrogens is 250 g/mol. The molecule has 0 atom stereocenters. The van der Waals surface area contributed by atoms with Gasteiger partial charge in [-0.05, 0) is 26.0 Å². The third kappa shape index (κ3) is 2.05. The van der Waals surface area contributed by atoms with Crippen LogP contribution in [0.5, 0.6) is 0 Å². The number of aromatic carboxylic acids is 1. The summed E-state index contributed by atoms with van der Waals surface area (Å²) in [5.41, 5.74) is 0.811. The fraction of sp³-hybridized carbons (Fsp3) is 0.167. The second kappa shape index (κ2) is 4.52. The zero-order chi connectivity index (χ0) is 14.2. The molecule has 7 nitrogen and oxygen atoms in total. The highest BCUT2D eigenvalue weighted by Crippen LogP contribution is 2.26. The number of aromatic nitrogens is 2. The van der Waals surface area contributed by atoms with E-state index in [2.05, 4.69) is 5.10 Å². The van der Waals surface area contributed by atoms with Crippen LogP contribution in [0.4, 0.5) is 5.69 Å². The van der Waals surface area contributed by atoms with Gasteiger partial charge < -0.3 is 5.11 Å². The Hall–Kier alpha value is -2.70. The lowest BCUT2D eigenvalue weighted by atomic mass is 10.2. The minimum absolute atomic E-state index is 0.0444. The van der Waals surface area contributed by atoms with Crippen LogP contribution in [0.25, 0.3) is 5.69 Å². The summed E-state index contributed by atoms with van der Waals surface area (Å²) in [6, 6.07) is 6.24. The molecule has 0 radical (unpaired) electrons. The van der Waals surface area contributed by atoms with Crippen LogP contribution in [0.15, 0.2) is 24.3 Å². The fourth-order valence-corrected chi connectivity index (χ4v) is 1.97. The van der Waals surface area contributed by atoms with Crippen LogP contribution in [-0.2, 0) is 0 Å². The molecule has 0 saturated heterocycles. The van der Waals surface area contributed by atoms with Crippen LogP contribution in [0.1, 0.15) is 21.7 Å². The number of carboxylic acid groups (broad SMARTS) is 1. The SMILES string of the molecule is Cc1nn(-c2ccccc2C(=O)O)c(C)c1[N+](=O)[O-]. The van der Waals surface area contributed by atoms with Crippen molar-refractivity contribution in [3.63, 3.8) is 0 Å². The monoisotopic (exact) mass is 261 g/mol. The van der Waals surface area contributed by atoms with Gasteiger partial charge in [0.2, 0.25) is 0 Å². The van der Waals surface area contributed by atoms with E-state index in [1.165, 1.54) is 24.6 Å². The smallest absolute Gasteiger partial charge is 0.337 e. The normalized spacial score (nSPS) is 10.4. The minimum Gasteiger partial charge on any atom is -0.478 e. The molecule has 0 aliphatic carbocycles. The van der Waals surface area contributed by atoms with E-state index in [0.717, 1.165) is 0 Å². The Morgan fingerprint density at radius 1 is 1.37 bits per heavy atom. The highest BCUT2D eigenvalue weighted by molar-refractivity contribution is 5.91. The highest BCUT2D eigenvalue weighted by Gasteiger charge is 2.24. The van der Waals surface area contributed by atoms with Gasteiger partial charge >= 0.3 is 11.7 Å². The van der Waals surface area contributed by atoms with Crippen LogP contribution < -0.4 is 0 Å². The largest absolute Gasteiger partial charge is 0.478 e.